The Balaban J connectivity index is 2.27. The van der Waals surface area contributed by atoms with Gasteiger partial charge in [0, 0.05) is 6.20 Å². The number of aromatic nitrogens is 3. The first-order valence-electron chi connectivity index (χ1n) is 7.57. The van der Waals surface area contributed by atoms with E-state index in [1.165, 1.54) is 0 Å². The highest BCUT2D eigenvalue weighted by molar-refractivity contribution is 6.33. The second kappa shape index (κ2) is 7.47. The van der Waals surface area contributed by atoms with E-state index < -0.39 is 34.6 Å². The lowest BCUT2D eigenvalue weighted by molar-refractivity contribution is -0.141. The van der Waals surface area contributed by atoms with Gasteiger partial charge in [-0.25, -0.2) is 14.6 Å². The minimum atomic E-state index is -4.72. The van der Waals surface area contributed by atoms with Crippen LogP contribution in [0.2, 0.25) is 5.15 Å². The summed E-state index contributed by atoms with van der Waals surface area (Å²) in [5.41, 5.74) is -2.62. The van der Waals surface area contributed by atoms with Gasteiger partial charge in [0.2, 0.25) is 5.69 Å². The van der Waals surface area contributed by atoms with Gasteiger partial charge in [0.25, 0.3) is 5.91 Å². The third-order valence-corrected chi connectivity index (χ3v) is 3.30. The second-order valence-electron chi connectivity index (χ2n) is 6.39. The number of pyridine rings is 1. The average molecular weight is 416 g/mol. The molecule has 2 aromatic rings. The normalized spacial score (nSPS) is 11.6. The van der Waals surface area contributed by atoms with Crippen LogP contribution in [0.4, 0.5) is 29.5 Å². The smallest absolute Gasteiger partial charge is 0.433 e. The van der Waals surface area contributed by atoms with Crippen molar-refractivity contribution >= 4 is 35.1 Å². The number of carbonyl (C=O) groups is 2. The molecule has 0 aliphatic carbocycles. The van der Waals surface area contributed by atoms with Crippen LogP contribution < -0.4 is 5.32 Å². The number of amides is 1. The highest BCUT2D eigenvalue weighted by atomic mass is 35.5. The molecule has 0 aromatic carbocycles. The molecule has 0 saturated heterocycles. The zero-order valence-electron chi connectivity index (χ0n) is 14.8. The maximum absolute atomic E-state index is 12.6. The molecule has 148 valence electrons. The fraction of sp³-hybridized carbons (Fsp3) is 0.312. The lowest BCUT2D eigenvalue weighted by Gasteiger charge is -2.18. The van der Waals surface area contributed by atoms with Crippen molar-refractivity contribution in [3.05, 3.63) is 46.2 Å². The van der Waals surface area contributed by atoms with E-state index in [9.17, 15) is 22.8 Å². The molecule has 0 aliphatic rings. The zero-order valence-corrected chi connectivity index (χ0v) is 15.5. The number of alkyl halides is 3. The van der Waals surface area contributed by atoms with E-state index in [0.29, 0.717) is 6.07 Å². The predicted octanol–water partition coefficient (Wildman–Crippen LogP) is 4.54. The molecule has 1 N–H and O–H groups in total. The van der Waals surface area contributed by atoms with Crippen LogP contribution in [0, 0.1) is 6.57 Å². The Morgan fingerprint density at radius 2 is 1.93 bits per heavy atom. The largest absolute Gasteiger partial charge is 0.442 e. The molecule has 28 heavy (non-hydrogen) atoms. The van der Waals surface area contributed by atoms with Crippen LogP contribution in [0.25, 0.3) is 4.85 Å². The van der Waals surface area contributed by atoms with E-state index in [1.807, 2.05) is 0 Å². The summed E-state index contributed by atoms with van der Waals surface area (Å²) < 4.78 is 43.7. The summed E-state index contributed by atoms with van der Waals surface area (Å²) in [6.45, 7) is 12.0. The van der Waals surface area contributed by atoms with Gasteiger partial charge in [0.15, 0.2) is 5.82 Å². The summed E-state index contributed by atoms with van der Waals surface area (Å²) in [6.07, 6.45) is -4.56. The molecule has 0 bridgehead atoms. The molecular weight excluding hydrogens is 403 g/mol. The van der Waals surface area contributed by atoms with Crippen LogP contribution in [0.5, 0.6) is 0 Å². The molecule has 0 radical (unpaired) electrons. The third kappa shape index (κ3) is 4.98. The van der Waals surface area contributed by atoms with Crippen molar-refractivity contribution in [3.8, 4) is 0 Å². The van der Waals surface area contributed by atoms with Gasteiger partial charge >= 0.3 is 12.3 Å². The van der Waals surface area contributed by atoms with Crippen LogP contribution in [0.15, 0.2) is 18.3 Å². The third-order valence-electron chi connectivity index (χ3n) is 3.01. The Hall–Kier alpha value is -3.13. The number of rotatable bonds is 2. The Morgan fingerprint density at radius 1 is 1.29 bits per heavy atom. The first kappa shape index (κ1) is 21.2. The van der Waals surface area contributed by atoms with Gasteiger partial charge in [-0.2, -0.15) is 23.0 Å². The number of nitrogens with one attached hydrogen (secondary N) is 1. The van der Waals surface area contributed by atoms with Gasteiger partial charge < -0.3 is 10.1 Å². The van der Waals surface area contributed by atoms with Crippen molar-refractivity contribution in [1.29, 1.82) is 0 Å². The zero-order chi connectivity index (χ0) is 21.3. The standard InChI is InChI=1S/C16H13ClF3N5O3/c1-15(2,3)28-14(27)25-7-9(21-4)12(24-25)23-13(26)8-5-6-10(16(18,19)20)22-11(8)17/h5-7H,1-3H3,(H,23,24,26). The maximum atomic E-state index is 12.6. The summed E-state index contributed by atoms with van der Waals surface area (Å²) in [4.78, 5) is 30.6. The number of anilines is 1. The fourth-order valence-corrected chi connectivity index (χ4v) is 2.11. The molecule has 12 heteroatoms. The van der Waals surface area contributed by atoms with Crippen molar-refractivity contribution in [2.24, 2.45) is 0 Å². The SMILES string of the molecule is [C-]#[N+]c1cn(C(=O)OC(C)(C)C)nc1NC(=O)c1ccc(C(F)(F)F)nc1Cl. The van der Waals surface area contributed by atoms with Gasteiger partial charge in [-0.05, 0) is 32.9 Å². The van der Waals surface area contributed by atoms with Crippen molar-refractivity contribution in [2.45, 2.75) is 32.5 Å². The average Bonchev–Trinajstić information content (AvgIpc) is 2.95. The van der Waals surface area contributed by atoms with Crippen molar-refractivity contribution < 1.29 is 27.5 Å². The summed E-state index contributed by atoms with van der Waals surface area (Å²) in [6, 6.07) is 1.44. The Bertz CT molecular complexity index is 973. The lowest BCUT2D eigenvalue weighted by Crippen LogP contribution is -2.27. The van der Waals surface area contributed by atoms with Gasteiger partial charge in [-0.15, -0.1) is 0 Å². The first-order valence-corrected chi connectivity index (χ1v) is 7.95. The number of halogens is 4. The van der Waals surface area contributed by atoms with E-state index in [1.54, 1.807) is 20.8 Å². The van der Waals surface area contributed by atoms with Crippen LogP contribution in [0.3, 0.4) is 0 Å². The van der Waals surface area contributed by atoms with Crippen LogP contribution in [-0.2, 0) is 10.9 Å². The Morgan fingerprint density at radius 3 is 2.43 bits per heavy atom. The van der Waals surface area contributed by atoms with Gasteiger partial charge in [0.1, 0.15) is 16.4 Å². The summed E-state index contributed by atoms with van der Waals surface area (Å²) >= 11 is 5.67. The monoisotopic (exact) mass is 415 g/mol. The van der Waals surface area contributed by atoms with E-state index in [2.05, 4.69) is 20.2 Å². The van der Waals surface area contributed by atoms with Crippen molar-refractivity contribution in [2.75, 3.05) is 5.32 Å². The molecule has 1 amide bonds. The Kier molecular flexibility index (Phi) is 5.65. The molecule has 0 fully saturated rings. The highest BCUT2D eigenvalue weighted by Gasteiger charge is 2.33. The Labute approximate surface area is 162 Å². The summed E-state index contributed by atoms with van der Waals surface area (Å²) in [5.74, 6) is -1.24. The lowest BCUT2D eigenvalue weighted by atomic mass is 10.2. The topological polar surface area (TPSA) is 90.5 Å². The molecule has 0 saturated carbocycles. The van der Waals surface area contributed by atoms with Gasteiger partial charge in [-0.1, -0.05) is 11.6 Å². The molecule has 2 rings (SSSR count). The quantitative estimate of drug-likeness (QED) is 0.574. The molecule has 0 spiro atoms. The van der Waals surface area contributed by atoms with Crippen LogP contribution in [0.1, 0.15) is 36.8 Å². The molecule has 8 nitrogen and oxygen atoms in total. The second-order valence-corrected chi connectivity index (χ2v) is 6.74. The number of ether oxygens (including phenoxy) is 1. The summed E-state index contributed by atoms with van der Waals surface area (Å²) in [5, 5.41) is 5.31. The molecule has 0 unspecified atom stereocenters. The number of hydrogen-bond donors (Lipinski definition) is 1. The highest BCUT2D eigenvalue weighted by Crippen LogP contribution is 2.30. The first-order chi connectivity index (χ1) is 12.8. The minimum Gasteiger partial charge on any atom is -0.442 e. The van der Waals surface area contributed by atoms with Crippen molar-refractivity contribution in [1.82, 2.24) is 14.8 Å². The summed E-state index contributed by atoms with van der Waals surface area (Å²) in [7, 11) is 0. The molecular formula is C16H13ClF3N5O3. The fourth-order valence-electron chi connectivity index (χ4n) is 1.87. The van der Waals surface area contributed by atoms with E-state index in [-0.39, 0.29) is 17.1 Å². The molecule has 0 aliphatic heterocycles. The van der Waals surface area contributed by atoms with Gasteiger partial charge in [0.05, 0.1) is 12.1 Å². The predicted molar refractivity (Wildman–Crippen MR) is 92.3 cm³/mol. The number of nitrogens with zero attached hydrogens (tertiary/aromatic N) is 4. The van der Waals surface area contributed by atoms with Crippen LogP contribution >= 0.6 is 11.6 Å². The van der Waals surface area contributed by atoms with E-state index in [4.69, 9.17) is 22.9 Å². The molecule has 2 aromatic heterocycles. The van der Waals surface area contributed by atoms with E-state index >= 15 is 0 Å². The van der Waals surface area contributed by atoms with Crippen molar-refractivity contribution in [3.63, 3.8) is 0 Å². The minimum absolute atomic E-state index is 0.185. The van der Waals surface area contributed by atoms with Gasteiger partial charge in [-0.3, -0.25) is 4.79 Å². The van der Waals surface area contributed by atoms with E-state index in [0.717, 1.165) is 16.9 Å². The molecule has 2 heterocycles. The van der Waals surface area contributed by atoms with Crippen LogP contribution in [-0.4, -0.2) is 32.4 Å². The molecule has 0 atom stereocenters. The maximum Gasteiger partial charge on any atom is 0.433 e. The number of hydrogen-bond acceptors (Lipinski definition) is 5. The number of carbonyl (C=O) groups excluding carboxylic acids is 2.